The Bertz CT molecular complexity index is 595. The van der Waals surface area contributed by atoms with Crippen molar-refractivity contribution in [2.24, 2.45) is 5.84 Å². The van der Waals surface area contributed by atoms with Crippen LogP contribution in [0, 0.1) is 12.7 Å². The second kappa shape index (κ2) is 5.45. The van der Waals surface area contributed by atoms with Crippen molar-refractivity contribution < 1.29 is 9.18 Å². The van der Waals surface area contributed by atoms with Gasteiger partial charge in [-0.05, 0) is 24.6 Å². The molecule has 0 saturated heterocycles. The predicted octanol–water partition coefficient (Wildman–Crippen LogP) is 2.07. The summed E-state index contributed by atoms with van der Waals surface area (Å²) in [6.45, 7) is 1.72. The van der Waals surface area contributed by atoms with Gasteiger partial charge in [-0.25, -0.2) is 4.39 Å². The number of para-hydroxylation sites is 1. The highest BCUT2D eigenvalue weighted by Crippen LogP contribution is 2.21. The zero-order valence-electron chi connectivity index (χ0n) is 10.3. The van der Waals surface area contributed by atoms with Crippen molar-refractivity contribution in [3.63, 3.8) is 0 Å². The Hall–Kier alpha value is -2.47. The number of hydrazine groups is 1. The van der Waals surface area contributed by atoms with Gasteiger partial charge in [0.15, 0.2) is 0 Å². The summed E-state index contributed by atoms with van der Waals surface area (Å²) >= 11 is 0. The topological polar surface area (TPSA) is 80.0 Å². The number of carbonyl (C=O) groups excluding carboxylic acids is 1. The van der Waals surface area contributed by atoms with Crippen molar-refractivity contribution in [1.29, 1.82) is 0 Å². The number of nitrogens with zero attached hydrogens (tertiary/aromatic N) is 1. The minimum absolute atomic E-state index is 0.160. The Morgan fingerprint density at radius 3 is 2.84 bits per heavy atom. The van der Waals surface area contributed by atoms with E-state index in [1.165, 1.54) is 24.5 Å². The lowest BCUT2D eigenvalue weighted by molar-refractivity contribution is 0.102. The molecule has 2 aromatic rings. The zero-order chi connectivity index (χ0) is 13.8. The van der Waals surface area contributed by atoms with Gasteiger partial charge in [0, 0.05) is 6.20 Å². The smallest absolute Gasteiger partial charge is 0.258 e. The second-order valence-corrected chi connectivity index (χ2v) is 3.95. The quantitative estimate of drug-likeness (QED) is 0.583. The maximum atomic E-state index is 13.6. The minimum Gasteiger partial charge on any atom is -0.322 e. The third-order valence-electron chi connectivity index (χ3n) is 2.68. The van der Waals surface area contributed by atoms with Gasteiger partial charge in [0.25, 0.3) is 5.91 Å². The first kappa shape index (κ1) is 13.0. The molecule has 0 fully saturated rings. The summed E-state index contributed by atoms with van der Waals surface area (Å²) < 4.78 is 13.6. The van der Waals surface area contributed by atoms with E-state index in [0.717, 1.165) is 0 Å². The highest BCUT2D eigenvalue weighted by atomic mass is 19.1. The fourth-order valence-electron chi connectivity index (χ4n) is 1.68. The van der Waals surface area contributed by atoms with Crippen LogP contribution in [0.1, 0.15) is 15.9 Å². The molecule has 98 valence electrons. The van der Waals surface area contributed by atoms with Gasteiger partial charge in [0.2, 0.25) is 0 Å². The molecule has 0 bridgehead atoms. The SMILES string of the molecule is Cc1cccc(F)c1NC(=O)c1ccncc1NN. The number of pyridine rings is 1. The van der Waals surface area contributed by atoms with Crippen molar-refractivity contribution in [2.75, 3.05) is 10.7 Å². The molecule has 4 N–H and O–H groups in total. The van der Waals surface area contributed by atoms with E-state index in [9.17, 15) is 9.18 Å². The number of hydrogen-bond acceptors (Lipinski definition) is 4. The number of hydrogen-bond donors (Lipinski definition) is 3. The number of benzene rings is 1. The van der Waals surface area contributed by atoms with Gasteiger partial charge in [-0.15, -0.1) is 0 Å². The van der Waals surface area contributed by atoms with Crippen LogP contribution in [0.15, 0.2) is 36.7 Å². The summed E-state index contributed by atoms with van der Waals surface area (Å²) in [4.78, 5) is 15.9. The molecule has 2 rings (SSSR count). The third-order valence-corrected chi connectivity index (χ3v) is 2.68. The molecule has 1 aromatic carbocycles. The zero-order valence-corrected chi connectivity index (χ0v) is 10.3. The number of halogens is 1. The van der Waals surface area contributed by atoms with Crippen LogP contribution in [-0.4, -0.2) is 10.9 Å². The molecule has 0 aliphatic heterocycles. The number of nitrogens with one attached hydrogen (secondary N) is 2. The van der Waals surface area contributed by atoms with E-state index in [0.29, 0.717) is 16.8 Å². The molecule has 0 saturated carbocycles. The van der Waals surface area contributed by atoms with Crippen molar-refractivity contribution in [3.8, 4) is 0 Å². The van der Waals surface area contributed by atoms with Gasteiger partial charge < -0.3 is 10.7 Å². The molecule has 0 unspecified atom stereocenters. The number of nitrogen functional groups attached to an aromatic ring is 1. The summed E-state index contributed by atoms with van der Waals surface area (Å²) in [5, 5.41) is 2.53. The molecule has 6 heteroatoms. The molecular weight excluding hydrogens is 247 g/mol. The molecular formula is C13H13FN4O. The molecule has 0 radical (unpaired) electrons. The Morgan fingerprint density at radius 1 is 1.37 bits per heavy atom. The van der Waals surface area contributed by atoms with E-state index in [2.05, 4.69) is 15.7 Å². The first-order valence-corrected chi connectivity index (χ1v) is 5.60. The van der Waals surface area contributed by atoms with Gasteiger partial charge in [0.1, 0.15) is 5.82 Å². The lowest BCUT2D eigenvalue weighted by Gasteiger charge is -2.11. The van der Waals surface area contributed by atoms with E-state index in [1.54, 1.807) is 19.1 Å². The molecule has 1 heterocycles. The van der Waals surface area contributed by atoms with Crippen molar-refractivity contribution in [3.05, 3.63) is 53.6 Å². The number of anilines is 2. The number of amides is 1. The van der Waals surface area contributed by atoms with E-state index < -0.39 is 11.7 Å². The Labute approximate surface area is 109 Å². The van der Waals surface area contributed by atoms with Crippen LogP contribution in [0.4, 0.5) is 15.8 Å². The molecule has 19 heavy (non-hydrogen) atoms. The number of aryl methyl sites for hydroxylation is 1. The first-order valence-electron chi connectivity index (χ1n) is 5.60. The highest BCUT2D eigenvalue weighted by Gasteiger charge is 2.14. The highest BCUT2D eigenvalue weighted by molar-refractivity contribution is 6.08. The fourth-order valence-corrected chi connectivity index (χ4v) is 1.68. The molecule has 5 nitrogen and oxygen atoms in total. The summed E-state index contributed by atoms with van der Waals surface area (Å²) in [7, 11) is 0. The molecule has 0 aliphatic rings. The van der Waals surface area contributed by atoms with Gasteiger partial charge >= 0.3 is 0 Å². The summed E-state index contributed by atoms with van der Waals surface area (Å²) in [6.07, 6.45) is 2.88. The van der Waals surface area contributed by atoms with Crippen LogP contribution in [0.2, 0.25) is 0 Å². The third kappa shape index (κ3) is 2.69. The summed E-state index contributed by atoms with van der Waals surface area (Å²) in [5.74, 6) is 4.36. The number of nitrogens with two attached hydrogens (primary N) is 1. The average molecular weight is 260 g/mol. The number of aromatic nitrogens is 1. The maximum Gasteiger partial charge on any atom is 0.258 e. The lowest BCUT2D eigenvalue weighted by atomic mass is 10.1. The van der Waals surface area contributed by atoms with Gasteiger partial charge in [-0.3, -0.25) is 15.6 Å². The van der Waals surface area contributed by atoms with E-state index in [1.807, 2.05) is 0 Å². The minimum atomic E-state index is -0.482. The van der Waals surface area contributed by atoms with Gasteiger partial charge in [-0.1, -0.05) is 12.1 Å². The Kier molecular flexibility index (Phi) is 3.72. The molecule has 1 amide bonds. The fraction of sp³-hybridized carbons (Fsp3) is 0.0769. The Morgan fingerprint density at radius 2 is 2.16 bits per heavy atom. The average Bonchev–Trinajstić information content (AvgIpc) is 2.42. The van der Waals surface area contributed by atoms with Gasteiger partial charge in [-0.2, -0.15) is 0 Å². The monoisotopic (exact) mass is 260 g/mol. The maximum absolute atomic E-state index is 13.6. The van der Waals surface area contributed by atoms with E-state index >= 15 is 0 Å². The predicted molar refractivity (Wildman–Crippen MR) is 71.1 cm³/mol. The number of rotatable bonds is 3. The van der Waals surface area contributed by atoms with E-state index in [4.69, 9.17) is 5.84 Å². The largest absolute Gasteiger partial charge is 0.322 e. The standard InChI is InChI=1S/C13H13FN4O/c1-8-3-2-4-10(14)12(8)17-13(19)9-5-6-16-7-11(9)18-15/h2-7,18H,15H2,1H3,(H,17,19). The van der Waals surface area contributed by atoms with Crippen LogP contribution in [0.3, 0.4) is 0 Å². The molecule has 1 aromatic heterocycles. The molecule has 0 atom stereocenters. The number of carbonyl (C=O) groups is 1. The van der Waals surface area contributed by atoms with Crippen LogP contribution in [-0.2, 0) is 0 Å². The van der Waals surface area contributed by atoms with Crippen molar-refractivity contribution >= 4 is 17.3 Å². The summed E-state index contributed by atoms with van der Waals surface area (Å²) in [6, 6.07) is 6.09. The van der Waals surface area contributed by atoms with Crippen LogP contribution in [0.5, 0.6) is 0 Å². The van der Waals surface area contributed by atoms with Crippen LogP contribution < -0.4 is 16.6 Å². The van der Waals surface area contributed by atoms with Crippen molar-refractivity contribution in [2.45, 2.75) is 6.92 Å². The lowest BCUT2D eigenvalue weighted by Crippen LogP contribution is -2.18. The second-order valence-electron chi connectivity index (χ2n) is 3.95. The Balaban J connectivity index is 2.31. The first-order chi connectivity index (χ1) is 9.13. The van der Waals surface area contributed by atoms with Gasteiger partial charge in [0.05, 0.1) is 23.1 Å². The van der Waals surface area contributed by atoms with Crippen LogP contribution in [0.25, 0.3) is 0 Å². The molecule has 0 aliphatic carbocycles. The van der Waals surface area contributed by atoms with Crippen LogP contribution >= 0.6 is 0 Å². The molecule has 0 spiro atoms. The summed E-state index contributed by atoms with van der Waals surface area (Å²) in [5.41, 5.74) is 3.84. The van der Waals surface area contributed by atoms with E-state index in [-0.39, 0.29) is 5.69 Å². The normalized spacial score (nSPS) is 10.1. The van der Waals surface area contributed by atoms with Crippen molar-refractivity contribution in [1.82, 2.24) is 4.98 Å².